The van der Waals surface area contributed by atoms with Gasteiger partial charge in [0.05, 0.1) is 19.6 Å². The van der Waals surface area contributed by atoms with Crippen LogP contribution in [0.3, 0.4) is 0 Å². The molecule has 0 bridgehead atoms. The Labute approximate surface area is 340 Å². The minimum absolute atomic E-state index is 0.0282. The molecular weight excluding hydrogens is 687 g/mol. The molecular formula is C48H91NO6. The molecule has 2 unspecified atom stereocenters. The van der Waals surface area contributed by atoms with Crippen LogP contribution >= 0.6 is 0 Å². The molecule has 0 saturated carbocycles. The summed E-state index contributed by atoms with van der Waals surface area (Å²) < 4.78 is 17.4. The summed E-state index contributed by atoms with van der Waals surface area (Å²) >= 11 is 0. The number of carbonyl (C=O) groups excluding carboxylic acids is 3. The molecule has 0 radical (unpaired) electrons. The van der Waals surface area contributed by atoms with E-state index in [1.807, 2.05) is 0 Å². The highest BCUT2D eigenvalue weighted by Gasteiger charge is 2.19. The molecule has 0 amide bonds. The van der Waals surface area contributed by atoms with E-state index in [1.165, 1.54) is 64.2 Å². The van der Waals surface area contributed by atoms with Crippen molar-refractivity contribution in [3.63, 3.8) is 0 Å². The van der Waals surface area contributed by atoms with Crippen molar-refractivity contribution in [2.24, 2.45) is 35.5 Å². The third-order valence-electron chi connectivity index (χ3n) is 12.0. The fraction of sp³-hybridized carbons (Fsp3) is 0.938. The van der Waals surface area contributed by atoms with Crippen LogP contribution in [0.4, 0.5) is 0 Å². The summed E-state index contributed by atoms with van der Waals surface area (Å²) in [6, 6.07) is 0. The molecule has 7 nitrogen and oxygen atoms in total. The van der Waals surface area contributed by atoms with E-state index in [9.17, 15) is 14.4 Å². The lowest BCUT2D eigenvalue weighted by Crippen LogP contribution is -2.25. The maximum absolute atomic E-state index is 12.8. The summed E-state index contributed by atoms with van der Waals surface area (Å²) in [5.74, 6) is 3.28. The number of esters is 3. The van der Waals surface area contributed by atoms with Gasteiger partial charge in [-0.15, -0.1) is 0 Å². The average molecular weight is 778 g/mol. The average Bonchev–Trinajstić information content (AvgIpc) is 3.65. The Balaban J connectivity index is 2.23. The van der Waals surface area contributed by atoms with E-state index in [2.05, 4.69) is 60.3 Å². The van der Waals surface area contributed by atoms with Crippen LogP contribution in [0.15, 0.2) is 0 Å². The van der Waals surface area contributed by atoms with E-state index in [4.69, 9.17) is 14.2 Å². The van der Waals surface area contributed by atoms with Crippen LogP contribution in [-0.2, 0) is 28.6 Å². The topological polar surface area (TPSA) is 82.1 Å². The zero-order valence-corrected chi connectivity index (χ0v) is 37.7. The Kier molecular flexibility index (Phi) is 31.2. The number of unbranched alkanes of at least 4 members (excludes halogenated alkanes) is 12. The third-order valence-corrected chi connectivity index (χ3v) is 12.0. The van der Waals surface area contributed by atoms with Gasteiger partial charge in [0.2, 0.25) is 0 Å². The van der Waals surface area contributed by atoms with Gasteiger partial charge in [-0.25, -0.2) is 0 Å². The first kappa shape index (κ1) is 51.4. The van der Waals surface area contributed by atoms with Crippen molar-refractivity contribution < 1.29 is 28.6 Å². The van der Waals surface area contributed by atoms with E-state index >= 15 is 0 Å². The fourth-order valence-corrected chi connectivity index (χ4v) is 7.67. The first-order chi connectivity index (χ1) is 26.4. The molecule has 55 heavy (non-hydrogen) atoms. The van der Waals surface area contributed by atoms with Gasteiger partial charge in [-0.1, -0.05) is 132 Å². The maximum atomic E-state index is 12.8. The second kappa shape index (κ2) is 33.4. The molecule has 1 heterocycles. The van der Waals surface area contributed by atoms with Gasteiger partial charge in [0, 0.05) is 19.4 Å². The van der Waals surface area contributed by atoms with Crippen molar-refractivity contribution in [2.75, 3.05) is 32.8 Å². The summed E-state index contributed by atoms with van der Waals surface area (Å²) in [4.78, 5) is 39.8. The number of hydrogen-bond donors (Lipinski definition) is 0. The van der Waals surface area contributed by atoms with Crippen LogP contribution < -0.4 is 0 Å². The molecule has 1 fully saturated rings. The second-order valence-corrected chi connectivity index (χ2v) is 18.8. The van der Waals surface area contributed by atoms with Crippen LogP contribution in [0.2, 0.25) is 0 Å². The zero-order valence-electron chi connectivity index (χ0n) is 37.7. The van der Waals surface area contributed by atoms with Crippen molar-refractivity contribution in [2.45, 2.75) is 222 Å². The van der Waals surface area contributed by atoms with Crippen LogP contribution in [0.1, 0.15) is 216 Å². The lowest BCUT2D eigenvalue weighted by atomic mass is 9.89. The SMILES string of the molecule is CC(C)CCC(COC(=O)CCCCCCCCCC(CCCCCCCCCC(=O)OCC(CCC(C)C)C(C)C)OC(=O)CCN1CCCC1)C(C)C. The Morgan fingerprint density at radius 2 is 0.836 bits per heavy atom. The van der Waals surface area contributed by atoms with Gasteiger partial charge in [-0.3, -0.25) is 14.4 Å². The summed E-state index contributed by atoms with van der Waals surface area (Å²) in [5, 5.41) is 0. The Hall–Kier alpha value is -1.63. The largest absolute Gasteiger partial charge is 0.465 e. The van der Waals surface area contributed by atoms with Gasteiger partial charge in [-0.05, 0) is 113 Å². The highest BCUT2D eigenvalue weighted by Crippen LogP contribution is 2.23. The highest BCUT2D eigenvalue weighted by atomic mass is 16.5. The summed E-state index contributed by atoms with van der Waals surface area (Å²) in [6.45, 7) is 22.1. The standard InChI is InChI=1S/C48H91NO6/c1-39(2)29-31-43(41(5)6)37-53-46(50)27-21-17-13-9-11-15-19-25-45(55-48(52)33-36-49-34-23-24-35-49)26-20-16-12-10-14-18-22-28-47(51)54-38-44(42(7)8)32-30-40(3)4/h39-45H,9-38H2,1-8H3. The minimum atomic E-state index is -0.0341. The Morgan fingerprint density at radius 3 is 1.22 bits per heavy atom. The maximum Gasteiger partial charge on any atom is 0.307 e. The molecule has 1 rings (SSSR count). The van der Waals surface area contributed by atoms with Crippen molar-refractivity contribution in [3.05, 3.63) is 0 Å². The van der Waals surface area contributed by atoms with E-state index in [0.717, 1.165) is 96.7 Å². The van der Waals surface area contributed by atoms with Crippen molar-refractivity contribution >= 4 is 17.9 Å². The first-order valence-electron chi connectivity index (χ1n) is 23.6. The van der Waals surface area contributed by atoms with Crippen LogP contribution in [0, 0.1) is 35.5 Å². The molecule has 0 N–H and O–H groups in total. The minimum Gasteiger partial charge on any atom is -0.465 e. The number of carbonyl (C=O) groups is 3. The van der Waals surface area contributed by atoms with Gasteiger partial charge in [0.1, 0.15) is 6.10 Å². The van der Waals surface area contributed by atoms with Crippen LogP contribution in [0.25, 0.3) is 0 Å². The van der Waals surface area contributed by atoms with Gasteiger partial charge < -0.3 is 19.1 Å². The third kappa shape index (κ3) is 30.2. The normalized spacial score (nSPS) is 15.3. The Bertz CT molecular complexity index is 885. The van der Waals surface area contributed by atoms with E-state index in [0.29, 0.717) is 68.0 Å². The predicted octanol–water partition coefficient (Wildman–Crippen LogP) is 12.9. The predicted molar refractivity (Wildman–Crippen MR) is 230 cm³/mol. The number of rotatable bonds is 36. The van der Waals surface area contributed by atoms with Crippen molar-refractivity contribution in [3.8, 4) is 0 Å². The molecule has 7 heteroatoms. The Morgan fingerprint density at radius 1 is 0.455 bits per heavy atom. The van der Waals surface area contributed by atoms with Crippen LogP contribution in [0.5, 0.6) is 0 Å². The van der Waals surface area contributed by atoms with Crippen LogP contribution in [-0.4, -0.2) is 61.8 Å². The fourth-order valence-electron chi connectivity index (χ4n) is 7.67. The molecule has 0 aromatic carbocycles. The lowest BCUT2D eigenvalue weighted by Gasteiger charge is -2.21. The lowest BCUT2D eigenvalue weighted by molar-refractivity contribution is -0.150. The molecule has 0 aromatic rings. The molecule has 1 aliphatic rings. The molecule has 1 saturated heterocycles. The zero-order chi connectivity index (χ0) is 40.7. The van der Waals surface area contributed by atoms with Gasteiger partial charge >= 0.3 is 17.9 Å². The first-order valence-corrected chi connectivity index (χ1v) is 23.6. The number of nitrogens with zero attached hydrogens (tertiary/aromatic N) is 1. The smallest absolute Gasteiger partial charge is 0.307 e. The molecule has 0 spiro atoms. The second-order valence-electron chi connectivity index (χ2n) is 18.8. The summed E-state index contributed by atoms with van der Waals surface area (Å²) in [7, 11) is 0. The van der Waals surface area contributed by atoms with Gasteiger partial charge in [-0.2, -0.15) is 0 Å². The summed E-state index contributed by atoms with van der Waals surface area (Å²) in [5.41, 5.74) is 0. The molecule has 0 aliphatic carbocycles. The van der Waals surface area contributed by atoms with Crippen molar-refractivity contribution in [1.29, 1.82) is 0 Å². The summed E-state index contributed by atoms with van der Waals surface area (Å²) in [6.07, 6.45) is 26.3. The number of likely N-dealkylation sites (tertiary alicyclic amines) is 1. The van der Waals surface area contributed by atoms with Crippen molar-refractivity contribution in [1.82, 2.24) is 4.90 Å². The number of ether oxygens (including phenoxy) is 3. The monoisotopic (exact) mass is 778 g/mol. The van der Waals surface area contributed by atoms with E-state index in [-0.39, 0.29) is 24.0 Å². The molecule has 2 atom stereocenters. The van der Waals surface area contributed by atoms with E-state index < -0.39 is 0 Å². The van der Waals surface area contributed by atoms with E-state index in [1.54, 1.807) is 0 Å². The molecule has 324 valence electrons. The quantitative estimate of drug-likeness (QED) is 0.0356. The van der Waals surface area contributed by atoms with Gasteiger partial charge in [0.15, 0.2) is 0 Å². The molecule has 1 aliphatic heterocycles. The highest BCUT2D eigenvalue weighted by molar-refractivity contribution is 5.70. The molecule has 0 aromatic heterocycles. The number of hydrogen-bond acceptors (Lipinski definition) is 7. The van der Waals surface area contributed by atoms with Gasteiger partial charge in [0.25, 0.3) is 0 Å².